The summed E-state index contributed by atoms with van der Waals surface area (Å²) in [4.78, 5) is 4.09. The number of nitrogens with two attached hydrogens (primary N) is 1. The molecule has 3 aromatic rings. The minimum atomic E-state index is 0.341. The lowest BCUT2D eigenvalue weighted by atomic mass is 10.1. The monoisotopic (exact) mass is 278 g/mol. The standard InChI is InChI=1S/C15H14N6/c16-15-14(20-18-12-6-2-1-3-7-12)13(19-21-15)9-11-5-4-8-17-10-11/h1-8,10H,9H2,(H3,16,19,21). The van der Waals surface area contributed by atoms with Crippen LogP contribution in [0.2, 0.25) is 0 Å². The van der Waals surface area contributed by atoms with Crippen LogP contribution in [0.3, 0.4) is 0 Å². The quantitative estimate of drug-likeness (QED) is 0.716. The number of rotatable bonds is 4. The lowest BCUT2D eigenvalue weighted by molar-refractivity contribution is 0.990. The molecule has 0 aliphatic heterocycles. The lowest BCUT2D eigenvalue weighted by Crippen LogP contribution is -1.89. The van der Waals surface area contributed by atoms with Crippen molar-refractivity contribution in [3.63, 3.8) is 0 Å². The highest BCUT2D eigenvalue weighted by molar-refractivity contribution is 5.61. The smallest absolute Gasteiger partial charge is 0.173 e. The van der Waals surface area contributed by atoms with Crippen LogP contribution in [0, 0.1) is 0 Å². The largest absolute Gasteiger partial charge is 0.380 e. The Morgan fingerprint density at radius 1 is 1.05 bits per heavy atom. The summed E-state index contributed by atoms with van der Waals surface area (Å²) in [6.07, 6.45) is 4.16. The number of azo groups is 1. The number of pyridine rings is 1. The Morgan fingerprint density at radius 3 is 2.67 bits per heavy atom. The minimum absolute atomic E-state index is 0.341. The van der Waals surface area contributed by atoms with E-state index < -0.39 is 0 Å². The molecule has 3 rings (SSSR count). The molecular formula is C15H14N6. The van der Waals surface area contributed by atoms with Gasteiger partial charge in [0.15, 0.2) is 11.5 Å². The van der Waals surface area contributed by atoms with E-state index in [1.807, 2.05) is 42.5 Å². The van der Waals surface area contributed by atoms with Gasteiger partial charge in [-0.3, -0.25) is 10.1 Å². The van der Waals surface area contributed by atoms with E-state index >= 15 is 0 Å². The zero-order valence-electron chi connectivity index (χ0n) is 11.3. The number of hydrogen-bond donors (Lipinski definition) is 2. The Kier molecular flexibility index (Phi) is 3.68. The second-order valence-corrected chi connectivity index (χ2v) is 4.51. The van der Waals surface area contributed by atoms with E-state index in [0.29, 0.717) is 17.9 Å². The van der Waals surface area contributed by atoms with Gasteiger partial charge in [0, 0.05) is 18.8 Å². The van der Waals surface area contributed by atoms with Gasteiger partial charge in [-0.1, -0.05) is 24.3 Å². The number of H-pyrrole nitrogens is 1. The van der Waals surface area contributed by atoms with Crippen LogP contribution in [0.5, 0.6) is 0 Å². The SMILES string of the molecule is Nc1n[nH]c(Cc2cccnc2)c1N=Nc1ccccc1. The Labute approximate surface area is 121 Å². The number of anilines is 1. The first-order chi connectivity index (χ1) is 10.3. The van der Waals surface area contributed by atoms with Crippen LogP contribution in [0.15, 0.2) is 65.1 Å². The molecule has 104 valence electrons. The fourth-order valence-electron chi connectivity index (χ4n) is 1.93. The zero-order chi connectivity index (χ0) is 14.5. The first kappa shape index (κ1) is 13.0. The van der Waals surface area contributed by atoms with E-state index in [4.69, 9.17) is 5.73 Å². The normalized spacial score (nSPS) is 11.0. The van der Waals surface area contributed by atoms with Crippen molar-refractivity contribution in [1.82, 2.24) is 15.2 Å². The molecule has 0 aliphatic carbocycles. The van der Waals surface area contributed by atoms with Crippen LogP contribution in [-0.4, -0.2) is 15.2 Å². The molecule has 0 bridgehead atoms. The molecule has 0 aliphatic rings. The van der Waals surface area contributed by atoms with E-state index in [-0.39, 0.29) is 0 Å². The highest BCUT2D eigenvalue weighted by Crippen LogP contribution is 2.28. The van der Waals surface area contributed by atoms with Gasteiger partial charge >= 0.3 is 0 Å². The van der Waals surface area contributed by atoms with Gasteiger partial charge < -0.3 is 5.73 Å². The average Bonchev–Trinajstić information content (AvgIpc) is 2.87. The van der Waals surface area contributed by atoms with Crippen LogP contribution < -0.4 is 5.73 Å². The fourth-order valence-corrected chi connectivity index (χ4v) is 1.93. The van der Waals surface area contributed by atoms with Crippen molar-refractivity contribution in [3.8, 4) is 0 Å². The third kappa shape index (κ3) is 3.11. The summed E-state index contributed by atoms with van der Waals surface area (Å²) in [5.41, 5.74) is 9.06. The van der Waals surface area contributed by atoms with Gasteiger partial charge in [-0.15, -0.1) is 5.11 Å². The average molecular weight is 278 g/mol. The molecule has 0 atom stereocenters. The Morgan fingerprint density at radius 2 is 1.90 bits per heavy atom. The third-order valence-corrected chi connectivity index (χ3v) is 2.97. The van der Waals surface area contributed by atoms with Crippen molar-refractivity contribution in [2.24, 2.45) is 10.2 Å². The number of benzene rings is 1. The molecule has 0 amide bonds. The predicted octanol–water partition coefficient (Wildman–Crippen LogP) is 3.39. The van der Waals surface area contributed by atoms with Crippen LogP contribution in [0.4, 0.5) is 17.2 Å². The Bertz CT molecular complexity index is 733. The second kappa shape index (κ2) is 5.96. The minimum Gasteiger partial charge on any atom is -0.380 e. The third-order valence-electron chi connectivity index (χ3n) is 2.97. The second-order valence-electron chi connectivity index (χ2n) is 4.51. The topological polar surface area (TPSA) is 92.3 Å². The molecule has 0 fully saturated rings. The molecule has 0 unspecified atom stereocenters. The van der Waals surface area contributed by atoms with E-state index in [9.17, 15) is 0 Å². The van der Waals surface area contributed by atoms with Crippen LogP contribution >= 0.6 is 0 Å². The van der Waals surface area contributed by atoms with Crippen LogP contribution in [0.25, 0.3) is 0 Å². The molecule has 21 heavy (non-hydrogen) atoms. The van der Waals surface area contributed by atoms with Crippen molar-refractivity contribution >= 4 is 17.2 Å². The Hall–Kier alpha value is -3.02. The van der Waals surface area contributed by atoms with Gasteiger partial charge in [0.25, 0.3) is 0 Å². The molecule has 0 spiro atoms. The summed E-state index contributed by atoms with van der Waals surface area (Å²) in [7, 11) is 0. The summed E-state index contributed by atoms with van der Waals surface area (Å²) in [6.45, 7) is 0. The maximum absolute atomic E-state index is 5.85. The van der Waals surface area contributed by atoms with Crippen LogP contribution in [-0.2, 0) is 6.42 Å². The summed E-state index contributed by atoms with van der Waals surface area (Å²) >= 11 is 0. The lowest BCUT2D eigenvalue weighted by Gasteiger charge is -1.99. The maximum Gasteiger partial charge on any atom is 0.173 e. The summed E-state index contributed by atoms with van der Waals surface area (Å²) in [5, 5.41) is 15.3. The maximum atomic E-state index is 5.85. The van der Waals surface area contributed by atoms with Gasteiger partial charge in [0.1, 0.15) is 0 Å². The molecule has 3 N–H and O–H groups in total. The number of aromatic nitrogens is 3. The summed E-state index contributed by atoms with van der Waals surface area (Å²) in [6, 6.07) is 13.4. The zero-order valence-corrected chi connectivity index (χ0v) is 11.3. The van der Waals surface area contributed by atoms with Crippen molar-refractivity contribution in [1.29, 1.82) is 0 Å². The molecule has 0 saturated heterocycles. The van der Waals surface area contributed by atoms with Gasteiger partial charge in [0.2, 0.25) is 0 Å². The molecule has 2 heterocycles. The number of nitrogens with one attached hydrogen (secondary N) is 1. The van der Waals surface area contributed by atoms with Crippen molar-refractivity contribution in [2.75, 3.05) is 5.73 Å². The number of nitrogen functional groups attached to an aromatic ring is 1. The molecule has 1 aromatic carbocycles. The van der Waals surface area contributed by atoms with Gasteiger partial charge in [0.05, 0.1) is 11.4 Å². The van der Waals surface area contributed by atoms with Crippen LogP contribution in [0.1, 0.15) is 11.3 Å². The van der Waals surface area contributed by atoms with E-state index in [2.05, 4.69) is 25.4 Å². The fraction of sp³-hybridized carbons (Fsp3) is 0.0667. The number of nitrogens with zero attached hydrogens (tertiary/aromatic N) is 4. The molecule has 6 heteroatoms. The van der Waals surface area contributed by atoms with Gasteiger partial charge in [-0.2, -0.15) is 10.2 Å². The first-order valence-electron chi connectivity index (χ1n) is 6.51. The highest BCUT2D eigenvalue weighted by atomic mass is 15.2. The first-order valence-corrected chi connectivity index (χ1v) is 6.51. The number of hydrogen-bond acceptors (Lipinski definition) is 5. The van der Waals surface area contributed by atoms with E-state index in [0.717, 1.165) is 16.9 Å². The van der Waals surface area contributed by atoms with Crippen molar-refractivity contribution in [2.45, 2.75) is 6.42 Å². The predicted molar refractivity (Wildman–Crippen MR) is 80.7 cm³/mol. The molecular weight excluding hydrogens is 264 g/mol. The molecule has 0 radical (unpaired) electrons. The number of aromatic amines is 1. The van der Waals surface area contributed by atoms with Crippen molar-refractivity contribution in [3.05, 3.63) is 66.1 Å². The summed E-state index contributed by atoms with van der Waals surface area (Å²) < 4.78 is 0. The van der Waals surface area contributed by atoms with E-state index in [1.54, 1.807) is 12.4 Å². The van der Waals surface area contributed by atoms with Crippen molar-refractivity contribution < 1.29 is 0 Å². The molecule has 0 saturated carbocycles. The Balaban J connectivity index is 1.86. The van der Waals surface area contributed by atoms with Gasteiger partial charge in [-0.25, -0.2) is 0 Å². The molecule has 2 aromatic heterocycles. The van der Waals surface area contributed by atoms with E-state index in [1.165, 1.54) is 0 Å². The summed E-state index contributed by atoms with van der Waals surface area (Å²) in [5.74, 6) is 0.341. The van der Waals surface area contributed by atoms with Gasteiger partial charge in [-0.05, 0) is 23.8 Å². The highest BCUT2D eigenvalue weighted by Gasteiger charge is 2.11. The molecule has 6 nitrogen and oxygen atoms in total.